The molecule has 0 radical (unpaired) electrons. The largest absolute Gasteiger partial charge is 0.496 e. The second kappa shape index (κ2) is 11.6. The lowest BCUT2D eigenvalue weighted by Crippen LogP contribution is -2.38. The molecule has 0 bridgehead atoms. The number of nitrogens with one attached hydrogen (secondary N) is 2. The van der Waals surface area contributed by atoms with Crippen LogP contribution in [0.25, 0.3) is 0 Å². The summed E-state index contributed by atoms with van der Waals surface area (Å²) in [7, 11) is -6.70. The molecule has 1 saturated heterocycles. The number of methoxy groups -OCH3 is 1. The van der Waals surface area contributed by atoms with Gasteiger partial charge in [0.2, 0.25) is 0 Å². The van der Waals surface area contributed by atoms with Crippen LogP contribution in [0.2, 0.25) is 10.0 Å². The average Bonchev–Trinajstić information content (AvgIpc) is 2.90. The standard InChI is InChI=1S/C26H27Cl2N3O6S2/c1-17-11-13-31(14-12-17)26(32)22-16-21(8-10-25(22)37-2)39(35,36)29-19-4-6-20(7-5-19)38(33,34)30-24-9-3-18(27)15-23(24)28/h3-10,15-17,29-30H,11-14H2,1-2H3. The fourth-order valence-corrected chi connectivity index (χ4v) is 6.77. The highest BCUT2D eigenvalue weighted by Gasteiger charge is 2.26. The minimum absolute atomic E-state index is 0.107. The minimum atomic E-state index is -4.11. The Balaban J connectivity index is 1.53. The number of halogens is 2. The van der Waals surface area contributed by atoms with Crippen molar-refractivity contribution in [1.29, 1.82) is 0 Å². The minimum Gasteiger partial charge on any atom is -0.496 e. The van der Waals surface area contributed by atoms with Crippen molar-refractivity contribution >= 4 is 60.5 Å². The van der Waals surface area contributed by atoms with Crippen LogP contribution in [0.4, 0.5) is 11.4 Å². The maximum absolute atomic E-state index is 13.2. The van der Waals surface area contributed by atoms with Crippen LogP contribution in [0.5, 0.6) is 5.75 Å². The number of hydrogen-bond acceptors (Lipinski definition) is 6. The van der Waals surface area contributed by atoms with Crippen molar-refractivity contribution in [2.75, 3.05) is 29.6 Å². The number of sulfonamides is 2. The number of ether oxygens (including phenoxy) is 1. The molecule has 39 heavy (non-hydrogen) atoms. The van der Waals surface area contributed by atoms with Crippen molar-refractivity contribution in [2.45, 2.75) is 29.6 Å². The molecule has 1 fully saturated rings. The number of anilines is 2. The van der Waals surface area contributed by atoms with E-state index in [2.05, 4.69) is 16.4 Å². The van der Waals surface area contributed by atoms with E-state index in [1.807, 2.05) is 0 Å². The summed E-state index contributed by atoms with van der Waals surface area (Å²) in [6.45, 7) is 3.31. The Hall–Kier alpha value is -2.99. The molecule has 13 heteroatoms. The molecule has 1 amide bonds. The third-order valence-electron chi connectivity index (χ3n) is 6.37. The van der Waals surface area contributed by atoms with Crippen molar-refractivity contribution in [3.05, 3.63) is 76.3 Å². The first kappa shape index (κ1) is 29.0. The van der Waals surface area contributed by atoms with E-state index in [4.69, 9.17) is 27.9 Å². The number of hydrogen-bond donors (Lipinski definition) is 2. The number of benzene rings is 3. The number of piperidine rings is 1. The predicted molar refractivity (Wildman–Crippen MR) is 152 cm³/mol. The molecule has 0 aliphatic carbocycles. The maximum Gasteiger partial charge on any atom is 0.261 e. The van der Waals surface area contributed by atoms with Crippen LogP contribution < -0.4 is 14.2 Å². The Morgan fingerprint density at radius 2 is 1.49 bits per heavy atom. The highest BCUT2D eigenvalue weighted by atomic mass is 35.5. The van der Waals surface area contributed by atoms with E-state index in [-0.39, 0.29) is 43.4 Å². The normalized spacial score (nSPS) is 14.6. The predicted octanol–water partition coefficient (Wildman–Crippen LogP) is 5.48. The Morgan fingerprint density at radius 3 is 2.10 bits per heavy atom. The van der Waals surface area contributed by atoms with Gasteiger partial charge in [0.15, 0.2) is 0 Å². The summed E-state index contributed by atoms with van der Waals surface area (Å²) in [6.07, 6.45) is 1.75. The van der Waals surface area contributed by atoms with Gasteiger partial charge in [-0.25, -0.2) is 16.8 Å². The molecule has 4 rings (SSSR count). The topological polar surface area (TPSA) is 122 Å². The second-order valence-electron chi connectivity index (χ2n) is 9.20. The Kier molecular flexibility index (Phi) is 8.65. The van der Waals surface area contributed by atoms with Crippen molar-refractivity contribution in [1.82, 2.24) is 4.90 Å². The summed E-state index contributed by atoms with van der Waals surface area (Å²) in [4.78, 5) is 14.6. The summed E-state index contributed by atoms with van der Waals surface area (Å²) in [5.41, 5.74) is 0.435. The van der Waals surface area contributed by atoms with Gasteiger partial charge in [0.25, 0.3) is 26.0 Å². The molecule has 3 aromatic carbocycles. The van der Waals surface area contributed by atoms with Crippen molar-refractivity contribution in [2.24, 2.45) is 5.92 Å². The second-order valence-corrected chi connectivity index (χ2v) is 13.4. The van der Waals surface area contributed by atoms with E-state index >= 15 is 0 Å². The summed E-state index contributed by atoms with van der Waals surface area (Å²) in [6, 6.07) is 13.6. The van der Waals surface area contributed by atoms with Crippen LogP contribution in [0, 0.1) is 5.92 Å². The number of carbonyl (C=O) groups is 1. The van der Waals surface area contributed by atoms with Gasteiger partial charge < -0.3 is 9.64 Å². The third-order valence-corrected chi connectivity index (χ3v) is 9.68. The van der Waals surface area contributed by atoms with Crippen molar-refractivity contribution in [3.8, 4) is 5.75 Å². The van der Waals surface area contributed by atoms with Crippen molar-refractivity contribution < 1.29 is 26.4 Å². The molecular formula is C26H27Cl2N3O6S2. The molecule has 208 valence electrons. The molecule has 0 atom stereocenters. The van der Waals surface area contributed by atoms with E-state index in [1.54, 1.807) is 4.90 Å². The third kappa shape index (κ3) is 6.78. The fourth-order valence-electron chi connectivity index (χ4n) is 4.10. The van der Waals surface area contributed by atoms with Gasteiger partial charge in [0.1, 0.15) is 5.75 Å². The molecule has 0 spiro atoms. The molecule has 0 aromatic heterocycles. The van der Waals surface area contributed by atoms with Gasteiger partial charge in [-0.15, -0.1) is 0 Å². The monoisotopic (exact) mass is 611 g/mol. The number of amides is 1. The van der Waals surface area contributed by atoms with Gasteiger partial charge in [-0.2, -0.15) is 0 Å². The van der Waals surface area contributed by atoms with Gasteiger partial charge in [0, 0.05) is 23.8 Å². The lowest BCUT2D eigenvalue weighted by atomic mass is 9.98. The Bertz CT molecular complexity index is 1590. The van der Waals surface area contributed by atoms with Crippen LogP contribution in [-0.4, -0.2) is 47.8 Å². The van der Waals surface area contributed by atoms with E-state index in [1.165, 1.54) is 67.8 Å². The smallest absolute Gasteiger partial charge is 0.261 e. The van der Waals surface area contributed by atoms with E-state index in [0.717, 1.165) is 12.8 Å². The molecule has 1 heterocycles. The quantitative estimate of drug-likeness (QED) is 0.348. The van der Waals surface area contributed by atoms with Crippen LogP contribution in [0.3, 0.4) is 0 Å². The molecule has 1 aliphatic heterocycles. The zero-order valence-corrected chi connectivity index (χ0v) is 24.3. The summed E-state index contributed by atoms with van der Waals surface area (Å²) in [5.74, 6) is 0.512. The van der Waals surface area contributed by atoms with Crippen LogP contribution >= 0.6 is 23.2 Å². The summed E-state index contributed by atoms with van der Waals surface area (Å²) < 4.78 is 62.0. The lowest BCUT2D eigenvalue weighted by Gasteiger charge is -2.30. The molecule has 2 N–H and O–H groups in total. The van der Waals surface area contributed by atoms with E-state index < -0.39 is 20.0 Å². The van der Waals surface area contributed by atoms with Gasteiger partial charge >= 0.3 is 0 Å². The highest BCUT2D eigenvalue weighted by Crippen LogP contribution is 2.29. The lowest BCUT2D eigenvalue weighted by molar-refractivity contribution is 0.0693. The van der Waals surface area contributed by atoms with Gasteiger partial charge in [-0.3, -0.25) is 14.2 Å². The maximum atomic E-state index is 13.2. The zero-order valence-electron chi connectivity index (χ0n) is 21.1. The SMILES string of the molecule is COc1ccc(S(=O)(=O)Nc2ccc(S(=O)(=O)Nc3ccc(Cl)cc3Cl)cc2)cc1C(=O)N1CCC(C)CC1. The molecule has 9 nitrogen and oxygen atoms in total. The van der Waals surface area contributed by atoms with Gasteiger partial charge in [-0.05, 0) is 79.4 Å². The number of rotatable bonds is 8. The van der Waals surface area contributed by atoms with Gasteiger partial charge in [-0.1, -0.05) is 30.1 Å². The first-order valence-electron chi connectivity index (χ1n) is 12.0. The number of likely N-dealkylation sites (tertiary alicyclic amines) is 1. The molecule has 3 aromatic rings. The first-order chi connectivity index (χ1) is 18.4. The average molecular weight is 613 g/mol. The Morgan fingerprint density at radius 1 is 0.872 bits per heavy atom. The Labute approximate surface area is 238 Å². The number of carbonyl (C=O) groups excluding carboxylic acids is 1. The first-order valence-corrected chi connectivity index (χ1v) is 15.7. The number of nitrogens with zero attached hydrogens (tertiary/aromatic N) is 1. The van der Waals surface area contributed by atoms with E-state index in [9.17, 15) is 21.6 Å². The summed E-state index contributed by atoms with van der Waals surface area (Å²) in [5, 5.41) is 0.483. The molecule has 0 saturated carbocycles. The summed E-state index contributed by atoms with van der Waals surface area (Å²) >= 11 is 11.9. The highest BCUT2D eigenvalue weighted by molar-refractivity contribution is 7.93. The fraction of sp³-hybridized carbons (Fsp3) is 0.269. The van der Waals surface area contributed by atoms with Crippen LogP contribution in [0.15, 0.2) is 70.5 Å². The molecule has 1 aliphatic rings. The van der Waals surface area contributed by atoms with Crippen LogP contribution in [0.1, 0.15) is 30.1 Å². The molecule has 0 unspecified atom stereocenters. The van der Waals surface area contributed by atoms with E-state index in [0.29, 0.717) is 24.0 Å². The van der Waals surface area contributed by atoms with Crippen LogP contribution in [-0.2, 0) is 20.0 Å². The van der Waals surface area contributed by atoms with Crippen molar-refractivity contribution in [3.63, 3.8) is 0 Å². The molecular weight excluding hydrogens is 585 g/mol. The zero-order chi connectivity index (χ0) is 28.4. The van der Waals surface area contributed by atoms with Gasteiger partial charge in [0.05, 0.1) is 33.2 Å².